The largest absolute Gasteiger partial charge is 0.395 e. The quantitative estimate of drug-likeness (QED) is 0.674. The van der Waals surface area contributed by atoms with Crippen molar-refractivity contribution in [2.45, 2.75) is 6.92 Å². The number of aromatic amines is 1. The average Bonchev–Trinajstić information content (AvgIpc) is 2.76. The molecule has 0 saturated heterocycles. The molecule has 90 valence electrons. The topological polar surface area (TPSA) is 76.7 Å². The van der Waals surface area contributed by atoms with Gasteiger partial charge in [0.2, 0.25) is 0 Å². The summed E-state index contributed by atoms with van der Waals surface area (Å²) in [4.78, 5) is 16.8. The zero-order valence-corrected chi connectivity index (χ0v) is 10.2. The maximum absolute atomic E-state index is 12.3. The van der Waals surface area contributed by atoms with Gasteiger partial charge in [-0.05, 0) is 31.3 Å². The molecule has 2 aromatic heterocycles. The van der Waals surface area contributed by atoms with Crippen molar-refractivity contribution in [1.29, 1.82) is 0 Å². The molecule has 0 spiro atoms. The minimum Gasteiger partial charge on any atom is -0.395 e. The van der Waals surface area contributed by atoms with Gasteiger partial charge in [0, 0.05) is 0 Å². The van der Waals surface area contributed by atoms with Crippen LogP contribution in [0.2, 0.25) is 0 Å². The van der Waals surface area contributed by atoms with Crippen LogP contribution in [0.15, 0.2) is 33.5 Å². The molecule has 1 aromatic carbocycles. The number of benzene rings is 1. The average molecular weight is 260 g/mol. The lowest BCUT2D eigenvalue weighted by Crippen LogP contribution is -2.22. The Kier molecular flexibility index (Phi) is 2.34. The molecule has 0 saturated carbocycles. The van der Waals surface area contributed by atoms with E-state index < -0.39 is 0 Å². The van der Waals surface area contributed by atoms with Gasteiger partial charge >= 0.3 is 6.01 Å². The fourth-order valence-electron chi connectivity index (χ4n) is 1.79. The first-order valence-electron chi connectivity index (χ1n) is 5.21. The Morgan fingerprint density at radius 1 is 1.39 bits per heavy atom. The molecular formula is C11H8N4O2S. The van der Waals surface area contributed by atoms with Crippen molar-refractivity contribution in [3.05, 3.63) is 45.3 Å². The van der Waals surface area contributed by atoms with Crippen LogP contribution in [-0.4, -0.2) is 19.7 Å². The highest BCUT2D eigenvalue weighted by molar-refractivity contribution is 7.71. The van der Waals surface area contributed by atoms with Crippen LogP contribution in [0.4, 0.5) is 0 Å². The molecule has 0 aliphatic rings. The fraction of sp³-hybridized carbons (Fsp3) is 0.0909. The minimum absolute atomic E-state index is 0.0979. The lowest BCUT2D eigenvalue weighted by molar-refractivity contribution is 0.502. The van der Waals surface area contributed by atoms with Gasteiger partial charge in [0.15, 0.2) is 0 Å². The molecule has 0 fully saturated rings. The summed E-state index contributed by atoms with van der Waals surface area (Å²) in [6, 6.07) is 7.21. The molecule has 6 nitrogen and oxygen atoms in total. The highest BCUT2D eigenvalue weighted by Gasteiger charge is 2.12. The molecule has 3 rings (SSSR count). The number of aryl methyl sites for hydroxylation is 1. The standard InChI is InChI=1S/C11H8N4O2S/c1-6-12-8-5-3-2-4-7(8)9(16)15(6)10-13-14-11(18)17-10/h2-5H,1H3,(H,14,18). The van der Waals surface area contributed by atoms with E-state index in [1.807, 2.05) is 6.07 Å². The predicted octanol–water partition coefficient (Wildman–Crippen LogP) is 1.74. The van der Waals surface area contributed by atoms with Crippen LogP contribution in [0.5, 0.6) is 0 Å². The van der Waals surface area contributed by atoms with E-state index in [9.17, 15) is 4.79 Å². The molecule has 3 aromatic rings. The molecular weight excluding hydrogens is 252 g/mol. The molecule has 0 unspecified atom stereocenters. The lowest BCUT2D eigenvalue weighted by atomic mass is 10.2. The monoisotopic (exact) mass is 260 g/mol. The van der Waals surface area contributed by atoms with E-state index in [-0.39, 0.29) is 16.4 Å². The van der Waals surface area contributed by atoms with Crippen molar-refractivity contribution in [3.63, 3.8) is 0 Å². The Bertz CT molecular complexity index is 846. The number of H-pyrrole nitrogens is 1. The van der Waals surface area contributed by atoms with E-state index in [0.717, 1.165) is 0 Å². The number of rotatable bonds is 1. The van der Waals surface area contributed by atoms with E-state index in [0.29, 0.717) is 16.7 Å². The second-order valence-electron chi connectivity index (χ2n) is 3.71. The van der Waals surface area contributed by atoms with Crippen LogP contribution in [0.3, 0.4) is 0 Å². The molecule has 18 heavy (non-hydrogen) atoms. The SMILES string of the molecule is Cc1nc2ccccc2c(=O)n1-c1n[nH]c(=S)o1. The van der Waals surface area contributed by atoms with Crippen LogP contribution < -0.4 is 5.56 Å². The zero-order valence-electron chi connectivity index (χ0n) is 9.38. The van der Waals surface area contributed by atoms with E-state index in [4.69, 9.17) is 16.6 Å². The number of hydrogen-bond acceptors (Lipinski definition) is 5. The van der Waals surface area contributed by atoms with E-state index in [1.54, 1.807) is 25.1 Å². The lowest BCUT2D eigenvalue weighted by Gasteiger charge is -2.05. The summed E-state index contributed by atoms with van der Waals surface area (Å²) in [5.41, 5.74) is 0.411. The first-order valence-corrected chi connectivity index (χ1v) is 5.62. The molecule has 0 bridgehead atoms. The van der Waals surface area contributed by atoms with Crippen molar-refractivity contribution >= 4 is 23.1 Å². The highest BCUT2D eigenvalue weighted by atomic mass is 32.1. The molecule has 2 heterocycles. The minimum atomic E-state index is -0.233. The summed E-state index contributed by atoms with van der Waals surface area (Å²) in [7, 11) is 0. The van der Waals surface area contributed by atoms with Gasteiger partial charge in [-0.2, -0.15) is 0 Å². The van der Waals surface area contributed by atoms with Crippen LogP contribution in [0, 0.1) is 11.8 Å². The second kappa shape index (κ2) is 3.88. The molecule has 0 radical (unpaired) electrons. The summed E-state index contributed by atoms with van der Waals surface area (Å²) in [6.45, 7) is 1.71. The van der Waals surface area contributed by atoms with Crippen LogP contribution in [0.1, 0.15) is 5.82 Å². The number of para-hydroxylation sites is 1. The number of nitrogens with one attached hydrogen (secondary N) is 1. The van der Waals surface area contributed by atoms with Gasteiger partial charge in [-0.1, -0.05) is 12.1 Å². The second-order valence-corrected chi connectivity index (χ2v) is 4.08. The van der Waals surface area contributed by atoms with E-state index >= 15 is 0 Å². The number of hydrogen-bond donors (Lipinski definition) is 1. The number of nitrogens with zero attached hydrogens (tertiary/aromatic N) is 3. The van der Waals surface area contributed by atoms with Crippen molar-refractivity contribution in [1.82, 2.24) is 19.7 Å². The van der Waals surface area contributed by atoms with Gasteiger partial charge in [0.25, 0.3) is 10.4 Å². The Labute approximate surface area is 106 Å². The predicted molar refractivity (Wildman–Crippen MR) is 67.3 cm³/mol. The van der Waals surface area contributed by atoms with Gasteiger partial charge in [-0.3, -0.25) is 4.79 Å². The molecule has 0 atom stereocenters. The Morgan fingerprint density at radius 2 is 2.17 bits per heavy atom. The normalized spacial score (nSPS) is 10.9. The summed E-state index contributed by atoms with van der Waals surface area (Å²) in [5.74, 6) is 0.490. The van der Waals surface area contributed by atoms with Gasteiger partial charge < -0.3 is 4.42 Å². The van der Waals surface area contributed by atoms with Crippen LogP contribution in [-0.2, 0) is 0 Å². The van der Waals surface area contributed by atoms with Crippen LogP contribution >= 0.6 is 12.2 Å². The van der Waals surface area contributed by atoms with Crippen molar-refractivity contribution in [2.75, 3.05) is 0 Å². The van der Waals surface area contributed by atoms with Gasteiger partial charge in [0.05, 0.1) is 10.9 Å². The Hall–Kier alpha value is -2.28. The smallest absolute Gasteiger partial charge is 0.329 e. The van der Waals surface area contributed by atoms with Gasteiger partial charge in [-0.25, -0.2) is 14.6 Å². The third-order valence-corrected chi connectivity index (χ3v) is 2.74. The van der Waals surface area contributed by atoms with Crippen molar-refractivity contribution in [3.8, 4) is 6.01 Å². The first-order chi connectivity index (χ1) is 8.66. The Morgan fingerprint density at radius 3 is 2.89 bits per heavy atom. The maximum Gasteiger partial charge on any atom is 0.329 e. The molecule has 1 N–H and O–H groups in total. The van der Waals surface area contributed by atoms with E-state index in [1.165, 1.54) is 4.57 Å². The van der Waals surface area contributed by atoms with Gasteiger partial charge in [-0.15, -0.1) is 5.10 Å². The molecule has 0 aliphatic heterocycles. The fourth-order valence-corrected chi connectivity index (χ4v) is 1.91. The van der Waals surface area contributed by atoms with E-state index in [2.05, 4.69) is 15.2 Å². The summed E-state index contributed by atoms with van der Waals surface area (Å²) in [5, 5.41) is 6.83. The first kappa shape index (κ1) is 10.8. The highest BCUT2D eigenvalue weighted by Crippen LogP contribution is 2.10. The summed E-state index contributed by atoms with van der Waals surface area (Å²) >= 11 is 4.79. The molecule has 0 amide bonds. The molecule has 0 aliphatic carbocycles. The third kappa shape index (κ3) is 1.56. The van der Waals surface area contributed by atoms with Crippen molar-refractivity contribution in [2.24, 2.45) is 0 Å². The number of fused-ring (bicyclic) bond motifs is 1. The third-order valence-electron chi connectivity index (χ3n) is 2.56. The molecule has 7 heteroatoms. The summed E-state index contributed by atoms with van der Waals surface area (Å²) in [6.07, 6.45) is 0. The van der Waals surface area contributed by atoms with Crippen LogP contribution in [0.25, 0.3) is 16.9 Å². The maximum atomic E-state index is 12.3. The van der Waals surface area contributed by atoms with Crippen molar-refractivity contribution < 1.29 is 4.42 Å². The Balaban J connectivity index is 2.43. The van der Waals surface area contributed by atoms with Gasteiger partial charge in [0.1, 0.15) is 5.82 Å². The number of aromatic nitrogens is 4. The zero-order chi connectivity index (χ0) is 12.7. The summed E-state index contributed by atoms with van der Waals surface area (Å²) < 4.78 is 6.44.